The van der Waals surface area contributed by atoms with Gasteiger partial charge in [0.05, 0.1) is 0 Å². The fourth-order valence-corrected chi connectivity index (χ4v) is 3.08. The second-order valence-electron chi connectivity index (χ2n) is 4.37. The van der Waals surface area contributed by atoms with Gasteiger partial charge in [0.1, 0.15) is 5.60 Å². The van der Waals surface area contributed by atoms with Gasteiger partial charge in [-0.25, -0.2) is 0 Å². The zero-order valence-corrected chi connectivity index (χ0v) is 12.2. The van der Waals surface area contributed by atoms with Crippen LogP contribution in [0, 0.1) is 6.92 Å². The van der Waals surface area contributed by atoms with Crippen molar-refractivity contribution in [3.63, 3.8) is 0 Å². The van der Waals surface area contributed by atoms with Gasteiger partial charge in [0, 0.05) is 33.0 Å². The maximum Gasteiger partial charge on any atom is 0.100 e. The molecule has 0 saturated heterocycles. The molecule has 0 aliphatic heterocycles. The fourth-order valence-electron chi connectivity index (χ4n) is 1.76. The lowest BCUT2D eigenvalue weighted by atomic mass is 9.96. The summed E-state index contributed by atoms with van der Waals surface area (Å²) in [5.74, 6) is 0. The van der Waals surface area contributed by atoms with Crippen LogP contribution in [-0.4, -0.2) is 10.1 Å². The summed E-state index contributed by atoms with van der Waals surface area (Å²) >= 11 is 5.02. The first-order valence-corrected chi connectivity index (χ1v) is 6.97. The Morgan fingerprint density at radius 1 is 1.41 bits per heavy atom. The van der Waals surface area contributed by atoms with E-state index in [0.29, 0.717) is 6.42 Å². The number of aryl methyl sites for hydroxylation is 1. The summed E-state index contributed by atoms with van der Waals surface area (Å²) in [5.41, 5.74) is 0.192. The van der Waals surface area contributed by atoms with E-state index in [9.17, 15) is 5.11 Å². The maximum atomic E-state index is 10.5. The van der Waals surface area contributed by atoms with Gasteiger partial charge < -0.3 is 5.11 Å². The van der Waals surface area contributed by atoms with Crippen LogP contribution in [0.2, 0.25) is 0 Å². The molecule has 0 fully saturated rings. The Balaban J connectivity index is 2.22. The minimum atomic E-state index is -0.832. The highest BCUT2D eigenvalue weighted by molar-refractivity contribution is 9.10. The molecule has 0 amide bonds. The van der Waals surface area contributed by atoms with Crippen LogP contribution >= 0.6 is 27.3 Å². The molecule has 4 heteroatoms. The second kappa shape index (κ2) is 4.88. The standard InChI is InChI=1S/C13H14BrNOS/c1-9-3-4-12(17-9)13(2,16)6-10-5-11(14)8-15-7-10/h3-5,7-8,16H,6H2,1-2H3. The molecule has 0 radical (unpaired) electrons. The van der Waals surface area contributed by atoms with Gasteiger partial charge >= 0.3 is 0 Å². The molecule has 1 atom stereocenters. The topological polar surface area (TPSA) is 33.1 Å². The van der Waals surface area contributed by atoms with Crippen LogP contribution in [0.3, 0.4) is 0 Å². The summed E-state index contributed by atoms with van der Waals surface area (Å²) in [6.07, 6.45) is 4.10. The minimum Gasteiger partial charge on any atom is -0.384 e. The minimum absolute atomic E-state index is 0.569. The van der Waals surface area contributed by atoms with Crippen LogP contribution in [0.1, 0.15) is 22.2 Å². The van der Waals surface area contributed by atoms with Crippen molar-refractivity contribution < 1.29 is 5.11 Å². The quantitative estimate of drug-likeness (QED) is 0.938. The Morgan fingerprint density at radius 2 is 2.18 bits per heavy atom. The van der Waals surface area contributed by atoms with Crippen molar-refractivity contribution >= 4 is 27.3 Å². The van der Waals surface area contributed by atoms with Gasteiger partial charge in [0.25, 0.3) is 0 Å². The predicted octanol–water partition coefficient (Wildman–Crippen LogP) is 3.66. The Kier molecular flexibility index (Phi) is 3.66. The maximum absolute atomic E-state index is 10.5. The lowest BCUT2D eigenvalue weighted by Gasteiger charge is -2.21. The van der Waals surface area contributed by atoms with Gasteiger partial charge in [-0.2, -0.15) is 0 Å². The van der Waals surface area contributed by atoms with Crippen molar-refractivity contribution in [2.24, 2.45) is 0 Å². The van der Waals surface area contributed by atoms with Gasteiger partial charge in [-0.3, -0.25) is 4.98 Å². The van der Waals surface area contributed by atoms with E-state index in [1.807, 2.05) is 32.0 Å². The average molecular weight is 312 g/mol. The molecule has 2 heterocycles. The van der Waals surface area contributed by atoms with Crippen LogP contribution in [0.4, 0.5) is 0 Å². The van der Waals surface area contributed by atoms with Crippen molar-refractivity contribution in [2.75, 3.05) is 0 Å². The van der Waals surface area contributed by atoms with Gasteiger partial charge in [0.2, 0.25) is 0 Å². The number of thiophene rings is 1. The third kappa shape index (κ3) is 3.15. The highest BCUT2D eigenvalue weighted by Gasteiger charge is 2.25. The summed E-state index contributed by atoms with van der Waals surface area (Å²) in [5, 5.41) is 10.5. The predicted molar refractivity (Wildman–Crippen MR) is 74.3 cm³/mol. The van der Waals surface area contributed by atoms with Gasteiger partial charge in [-0.15, -0.1) is 11.3 Å². The van der Waals surface area contributed by atoms with E-state index in [0.717, 1.165) is 14.9 Å². The van der Waals surface area contributed by atoms with Crippen LogP contribution in [-0.2, 0) is 12.0 Å². The van der Waals surface area contributed by atoms with Crippen LogP contribution in [0.15, 0.2) is 35.1 Å². The van der Waals surface area contributed by atoms with E-state index < -0.39 is 5.60 Å². The molecule has 0 bridgehead atoms. The molecule has 2 nitrogen and oxygen atoms in total. The lowest BCUT2D eigenvalue weighted by molar-refractivity contribution is 0.0614. The smallest absolute Gasteiger partial charge is 0.100 e. The highest BCUT2D eigenvalue weighted by Crippen LogP contribution is 2.31. The number of nitrogens with zero attached hydrogens (tertiary/aromatic N) is 1. The molecule has 1 unspecified atom stereocenters. The summed E-state index contributed by atoms with van der Waals surface area (Å²) in [6, 6.07) is 6.01. The average Bonchev–Trinajstić information content (AvgIpc) is 2.65. The Labute approximate surface area is 113 Å². The Morgan fingerprint density at radius 3 is 2.76 bits per heavy atom. The zero-order chi connectivity index (χ0) is 12.5. The van der Waals surface area contributed by atoms with Gasteiger partial charge in [-0.05, 0) is 53.5 Å². The van der Waals surface area contributed by atoms with Gasteiger partial charge in [-0.1, -0.05) is 0 Å². The third-order valence-corrected chi connectivity index (χ3v) is 4.27. The molecular weight excluding hydrogens is 298 g/mol. The van der Waals surface area contributed by atoms with Crippen LogP contribution < -0.4 is 0 Å². The fraction of sp³-hybridized carbons (Fsp3) is 0.308. The van der Waals surface area contributed by atoms with E-state index in [1.165, 1.54) is 4.88 Å². The first kappa shape index (κ1) is 12.7. The van der Waals surface area contributed by atoms with Crippen molar-refractivity contribution in [1.29, 1.82) is 0 Å². The normalized spacial score (nSPS) is 14.6. The molecule has 2 aromatic rings. The molecule has 1 N–H and O–H groups in total. The number of aliphatic hydroxyl groups is 1. The molecule has 2 rings (SSSR count). The van der Waals surface area contributed by atoms with Gasteiger partial charge in [0.15, 0.2) is 0 Å². The number of halogens is 1. The van der Waals surface area contributed by atoms with E-state index in [2.05, 4.69) is 20.9 Å². The van der Waals surface area contributed by atoms with Crippen molar-refractivity contribution in [2.45, 2.75) is 25.9 Å². The first-order valence-electron chi connectivity index (χ1n) is 5.36. The van der Waals surface area contributed by atoms with Crippen molar-refractivity contribution in [3.8, 4) is 0 Å². The third-order valence-electron chi connectivity index (χ3n) is 2.58. The largest absolute Gasteiger partial charge is 0.384 e. The summed E-state index contributed by atoms with van der Waals surface area (Å²) in [6.45, 7) is 3.89. The summed E-state index contributed by atoms with van der Waals surface area (Å²) in [4.78, 5) is 6.32. The van der Waals surface area contributed by atoms with E-state index >= 15 is 0 Å². The number of hydrogen-bond acceptors (Lipinski definition) is 3. The molecule has 0 aromatic carbocycles. The molecule has 0 saturated carbocycles. The molecular formula is C13H14BrNOS. The second-order valence-corrected chi connectivity index (χ2v) is 6.58. The van der Waals surface area contributed by atoms with E-state index in [4.69, 9.17) is 0 Å². The number of hydrogen-bond donors (Lipinski definition) is 1. The molecule has 0 aliphatic carbocycles. The summed E-state index contributed by atoms with van der Waals surface area (Å²) in [7, 11) is 0. The zero-order valence-electron chi connectivity index (χ0n) is 9.77. The number of pyridine rings is 1. The molecule has 0 spiro atoms. The number of rotatable bonds is 3. The SMILES string of the molecule is Cc1ccc(C(C)(O)Cc2cncc(Br)c2)s1. The Bertz CT molecular complexity index is 522. The first-order chi connectivity index (χ1) is 7.97. The van der Waals surface area contributed by atoms with Crippen LogP contribution in [0.5, 0.6) is 0 Å². The molecule has 2 aromatic heterocycles. The van der Waals surface area contributed by atoms with E-state index in [1.54, 1.807) is 23.7 Å². The molecule has 0 aliphatic rings. The van der Waals surface area contributed by atoms with Crippen molar-refractivity contribution in [1.82, 2.24) is 4.98 Å². The molecule has 17 heavy (non-hydrogen) atoms. The lowest BCUT2D eigenvalue weighted by Crippen LogP contribution is -2.22. The monoisotopic (exact) mass is 311 g/mol. The summed E-state index contributed by atoms with van der Waals surface area (Å²) < 4.78 is 0.938. The van der Waals surface area contributed by atoms with Crippen LogP contribution in [0.25, 0.3) is 0 Å². The van der Waals surface area contributed by atoms with Crippen molar-refractivity contribution in [3.05, 3.63) is 50.4 Å². The number of aromatic nitrogens is 1. The Hall–Kier alpha value is -0.710. The van der Waals surface area contributed by atoms with E-state index in [-0.39, 0.29) is 0 Å². The molecule has 90 valence electrons. The highest BCUT2D eigenvalue weighted by atomic mass is 79.9.